The van der Waals surface area contributed by atoms with Gasteiger partial charge < -0.3 is 4.74 Å². The van der Waals surface area contributed by atoms with Crippen LogP contribution in [0, 0.1) is 6.92 Å². The van der Waals surface area contributed by atoms with Gasteiger partial charge in [0.2, 0.25) is 0 Å². The quantitative estimate of drug-likeness (QED) is 0.435. The van der Waals surface area contributed by atoms with Crippen LogP contribution in [0.4, 0.5) is 0 Å². The van der Waals surface area contributed by atoms with Crippen LogP contribution in [0.5, 0.6) is 5.75 Å². The maximum atomic E-state index is 6.13. The molecule has 0 saturated heterocycles. The number of hydrogen-bond donors (Lipinski definition) is 0. The van der Waals surface area contributed by atoms with E-state index in [0.29, 0.717) is 5.02 Å². The first-order valence-corrected chi connectivity index (χ1v) is 9.06. The lowest BCUT2D eigenvalue weighted by Crippen LogP contribution is -1.96. The van der Waals surface area contributed by atoms with E-state index in [1.54, 1.807) is 18.4 Å². The number of aryl methyl sites for hydroxylation is 1. The van der Waals surface area contributed by atoms with Gasteiger partial charge in [-0.1, -0.05) is 27.5 Å². The molecule has 0 aliphatic heterocycles. The van der Waals surface area contributed by atoms with Crippen LogP contribution in [0.25, 0.3) is 0 Å². The predicted molar refractivity (Wildman–Crippen MR) is 93.2 cm³/mol. The van der Waals surface area contributed by atoms with E-state index in [0.717, 1.165) is 19.6 Å². The van der Waals surface area contributed by atoms with Gasteiger partial charge in [0.05, 0.1) is 20.2 Å². The van der Waals surface area contributed by atoms with E-state index in [4.69, 9.17) is 16.3 Å². The molecule has 0 radical (unpaired) electrons. The molecule has 102 valence electrons. The minimum absolute atomic E-state index is 0.0486. The van der Waals surface area contributed by atoms with Crippen molar-refractivity contribution in [1.29, 1.82) is 0 Å². The van der Waals surface area contributed by atoms with Crippen molar-refractivity contribution in [2.75, 3.05) is 7.11 Å². The monoisotopic (exact) mass is 486 g/mol. The Labute approximate surface area is 146 Å². The van der Waals surface area contributed by atoms with Crippen LogP contribution in [0.3, 0.4) is 0 Å². The molecule has 0 saturated carbocycles. The Morgan fingerprint density at radius 1 is 1.26 bits per heavy atom. The summed E-state index contributed by atoms with van der Waals surface area (Å²) >= 11 is 18.6. The summed E-state index contributed by atoms with van der Waals surface area (Å²) in [5.41, 5.74) is 2.24. The molecule has 0 aliphatic carbocycles. The maximum absolute atomic E-state index is 6.13. The third kappa shape index (κ3) is 3.38. The van der Waals surface area contributed by atoms with Crippen molar-refractivity contribution >= 4 is 70.7 Å². The highest BCUT2D eigenvalue weighted by Gasteiger charge is 2.20. The Hall–Kier alpha value is 0.450. The van der Waals surface area contributed by atoms with E-state index in [2.05, 4.69) is 60.8 Å². The average Bonchev–Trinajstić information content (AvgIpc) is 2.68. The van der Waals surface area contributed by atoms with Gasteiger partial charge in [-0.2, -0.15) is 0 Å². The predicted octanol–water partition coefficient (Wildman–Crippen LogP) is 6.73. The molecule has 0 amide bonds. The Morgan fingerprint density at radius 3 is 2.47 bits per heavy atom. The summed E-state index contributed by atoms with van der Waals surface area (Å²) in [5, 5.41) is 0.680. The minimum atomic E-state index is 0.0486. The van der Waals surface area contributed by atoms with Crippen molar-refractivity contribution in [3.05, 3.63) is 47.5 Å². The van der Waals surface area contributed by atoms with Gasteiger partial charge in [0, 0.05) is 15.5 Å². The van der Waals surface area contributed by atoms with E-state index in [1.807, 2.05) is 12.1 Å². The summed E-state index contributed by atoms with van der Waals surface area (Å²) in [6.45, 7) is 2.08. The number of ether oxygens (including phenoxy) is 1. The molecule has 2 aromatic rings. The standard InChI is InChI=1S/C13H10Br3ClOS/c1-6-3-10(19-13(6)16)11(15)8-4-7(17)5-9(14)12(8)18-2/h3-5,11H,1-2H3. The first kappa shape index (κ1) is 15.8. The number of benzene rings is 1. The molecule has 1 aromatic carbocycles. The SMILES string of the molecule is COc1c(Br)cc(Cl)cc1C(Br)c1cc(C)c(Br)s1. The van der Waals surface area contributed by atoms with E-state index in [9.17, 15) is 0 Å². The van der Waals surface area contributed by atoms with Gasteiger partial charge >= 0.3 is 0 Å². The topological polar surface area (TPSA) is 9.23 Å². The zero-order chi connectivity index (χ0) is 14.2. The van der Waals surface area contributed by atoms with Crippen LogP contribution in [-0.2, 0) is 0 Å². The lowest BCUT2D eigenvalue weighted by molar-refractivity contribution is 0.408. The third-order valence-corrected chi connectivity index (χ3v) is 6.94. The Kier molecular flexibility index (Phi) is 5.40. The number of alkyl halides is 1. The van der Waals surface area contributed by atoms with Gasteiger partial charge in [-0.05, 0) is 62.5 Å². The van der Waals surface area contributed by atoms with Crippen molar-refractivity contribution < 1.29 is 4.74 Å². The molecule has 1 unspecified atom stereocenters. The van der Waals surface area contributed by atoms with E-state index in [-0.39, 0.29) is 4.83 Å². The first-order valence-electron chi connectivity index (χ1n) is 5.37. The molecule has 6 heteroatoms. The number of thiophene rings is 1. The van der Waals surface area contributed by atoms with Gasteiger partial charge in [0.15, 0.2) is 0 Å². The van der Waals surface area contributed by atoms with Crippen molar-refractivity contribution in [3.63, 3.8) is 0 Å². The summed E-state index contributed by atoms with van der Waals surface area (Å²) in [6.07, 6.45) is 0. The fourth-order valence-electron chi connectivity index (χ4n) is 1.75. The van der Waals surface area contributed by atoms with Crippen LogP contribution in [-0.4, -0.2) is 7.11 Å². The lowest BCUT2D eigenvalue weighted by Gasteiger charge is -2.15. The zero-order valence-electron chi connectivity index (χ0n) is 10.1. The largest absolute Gasteiger partial charge is 0.495 e. The molecule has 1 heterocycles. The minimum Gasteiger partial charge on any atom is -0.495 e. The number of rotatable bonds is 3. The van der Waals surface area contributed by atoms with Gasteiger partial charge in [0.25, 0.3) is 0 Å². The molecular weight excluding hydrogens is 479 g/mol. The molecule has 1 atom stereocenters. The Balaban J connectivity index is 2.51. The highest BCUT2D eigenvalue weighted by Crippen LogP contribution is 2.45. The number of hydrogen-bond acceptors (Lipinski definition) is 2. The van der Waals surface area contributed by atoms with Gasteiger partial charge in [-0.25, -0.2) is 0 Å². The molecule has 1 nitrogen and oxygen atoms in total. The second-order valence-corrected chi connectivity index (χ2v) is 8.59. The van der Waals surface area contributed by atoms with E-state index in [1.165, 1.54) is 10.4 Å². The van der Waals surface area contributed by atoms with Gasteiger partial charge in [-0.15, -0.1) is 11.3 Å². The highest BCUT2D eigenvalue weighted by atomic mass is 79.9. The summed E-state index contributed by atoms with van der Waals surface area (Å²) in [6, 6.07) is 5.91. The van der Waals surface area contributed by atoms with Crippen molar-refractivity contribution in [2.24, 2.45) is 0 Å². The summed E-state index contributed by atoms with van der Waals surface area (Å²) in [7, 11) is 1.66. The van der Waals surface area contributed by atoms with Crippen LogP contribution in [0.1, 0.15) is 20.8 Å². The van der Waals surface area contributed by atoms with E-state index < -0.39 is 0 Å². The Morgan fingerprint density at radius 2 is 1.95 bits per heavy atom. The lowest BCUT2D eigenvalue weighted by atomic mass is 10.1. The summed E-state index contributed by atoms with van der Waals surface area (Å²) in [5.74, 6) is 0.799. The normalized spacial score (nSPS) is 12.5. The molecule has 19 heavy (non-hydrogen) atoms. The van der Waals surface area contributed by atoms with E-state index >= 15 is 0 Å². The molecule has 0 N–H and O–H groups in total. The second kappa shape index (κ2) is 6.48. The Bertz CT molecular complexity index is 593. The average molecular weight is 489 g/mol. The highest BCUT2D eigenvalue weighted by molar-refractivity contribution is 9.11. The molecular formula is C13H10Br3ClOS. The van der Waals surface area contributed by atoms with Crippen LogP contribution in [0.2, 0.25) is 5.02 Å². The van der Waals surface area contributed by atoms with Crippen LogP contribution >= 0.6 is 70.7 Å². The van der Waals surface area contributed by atoms with Gasteiger partial charge in [0.1, 0.15) is 5.75 Å². The van der Waals surface area contributed by atoms with Gasteiger partial charge in [-0.3, -0.25) is 0 Å². The van der Waals surface area contributed by atoms with Crippen molar-refractivity contribution in [3.8, 4) is 5.75 Å². The second-order valence-electron chi connectivity index (χ2n) is 3.98. The summed E-state index contributed by atoms with van der Waals surface area (Å²) < 4.78 is 7.47. The zero-order valence-corrected chi connectivity index (χ0v) is 16.5. The molecule has 0 spiro atoms. The molecule has 1 aromatic heterocycles. The first-order chi connectivity index (χ1) is 8.93. The number of halogens is 4. The fraction of sp³-hybridized carbons (Fsp3) is 0.231. The number of methoxy groups -OCH3 is 1. The molecule has 0 bridgehead atoms. The summed E-state index contributed by atoms with van der Waals surface area (Å²) in [4.78, 5) is 1.25. The maximum Gasteiger partial charge on any atom is 0.137 e. The van der Waals surface area contributed by atoms with Crippen LogP contribution < -0.4 is 4.74 Å². The molecule has 0 fully saturated rings. The van der Waals surface area contributed by atoms with Crippen molar-refractivity contribution in [1.82, 2.24) is 0 Å². The molecule has 2 rings (SSSR count). The smallest absolute Gasteiger partial charge is 0.137 e. The third-order valence-electron chi connectivity index (χ3n) is 2.64. The van der Waals surface area contributed by atoms with Crippen molar-refractivity contribution in [2.45, 2.75) is 11.8 Å². The fourth-order valence-corrected chi connectivity index (χ4v) is 5.06. The van der Waals surface area contributed by atoms with Crippen LogP contribution in [0.15, 0.2) is 26.5 Å². The molecule has 0 aliphatic rings.